The van der Waals surface area contributed by atoms with Gasteiger partial charge in [0, 0.05) is 11.8 Å². The van der Waals surface area contributed by atoms with E-state index < -0.39 is 11.7 Å². The van der Waals surface area contributed by atoms with Gasteiger partial charge in [-0.15, -0.1) is 11.3 Å². The predicted octanol–water partition coefficient (Wildman–Crippen LogP) is 4.06. The summed E-state index contributed by atoms with van der Waals surface area (Å²) < 4.78 is 37.0. The Balaban J connectivity index is 2.13. The van der Waals surface area contributed by atoms with Crippen molar-refractivity contribution in [2.24, 2.45) is 0 Å². The number of hydrogen-bond donors (Lipinski definition) is 0. The van der Waals surface area contributed by atoms with Crippen LogP contribution in [0.25, 0.3) is 0 Å². The number of benzene rings is 1. The van der Waals surface area contributed by atoms with E-state index >= 15 is 0 Å². The van der Waals surface area contributed by atoms with Crippen molar-refractivity contribution in [3.05, 3.63) is 51.5 Å². The molecule has 5 heteroatoms. The summed E-state index contributed by atoms with van der Waals surface area (Å²) in [5.74, 6) is 0. The fourth-order valence-electron chi connectivity index (χ4n) is 1.51. The van der Waals surface area contributed by atoms with Crippen molar-refractivity contribution in [2.45, 2.75) is 19.5 Å². The standard InChI is InChI=1S/C12H10F3NS/c1-8-16-11(7-17-8)6-9-2-4-10(5-3-9)12(13,14)15/h2-5,7H,6H2,1H3. The molecule has 0 saturated carbocycles. The van der Waals surface area contributed by atoms with Crippen molar-refractivity contribution in [2.75, 3.05) is 0 Å². The predicted molar refractivity (Wildman–Crippen MR) is 61.1 cm³/mol. The highest BCUT2D eigenvalue weighted by atomic mass is 32.1. The number of aryl methyl sites for hydroxylation is 1. The second-order valence-electron chi connectivity index (χ2n) is 3.73. The van der Waals surface area contributed by atoms with E-state index in [0.717, 1.165) is 28.4 Å². The highest BCUT2D eigenvalue weighted by Gasteiger charge is 2.29. The van der Waals surface area contributed by atoms with Crippen LogP contribution in [0.15, 0.2) is 29.6 Å². The minimum absolute atomic E-state index is 0.572. The van der Waals surface area contributed by atoms with E-state index in [-0.39, 0.29) is 0 Å². The van der Waals surface area contributed by atoms with Crippen LogP contribution in [0.1, 0.15) is 21.8 Å². The number of hydrogen-bond acceptors (Lipinski definition) is 2. The summed E-state index contributed by atoms with van der Waals surface area (Å²) in [5, 5.41) is 2.89. The Hall–Kier alpha value is -1.36. The number of nitrogens with zero attached hydrogens (tertiary/aromatic N) is 1. The van der Waals surface area contributed by atoms with Crippen molar-refractivity contribution in [1.82, 2.24) is 4.98 Å². The molecule has 17 heavy (non-hydrogen) atoms. The Morgan fingerprint density at radius 2 is 1.82 bits per heavy atom. The first kappa shape index (κ1) is 12.1. The lowest BCUT2D eigenvalue weighted by Gasteiger charge is -2.06. The maximum Gasteiger partial charge on any atom is 0.416 e. The molecule has 2 aromatic rings. The van der Waals surface area contributed by atoms with Gasteiger partial charge in [-0.2, -0.15) is 13.2 Å². The van der Waals surface area contributed by atoms with Crippen LogP contribution in [0.2, 0.25) is 0 Å². The maximum absolute atomic E-state index is 12.3. The Morgan fingerprint density at radius 1 is 1.18 bits per heavy atom. The van der Waals surface area contributed by atoms with Gasteiger partial charge in [-0.3, -0.25) is 0 Å². The summed E-state index contributed by atoms with van der Waals surface area (Å²) in [6, 6.07) is 5.21. The number of thiazole rings is 1. The number of rotatable bonds is 2. The topological polar surface area (TPSA) is 12.9 Å². The zero-order chi connectivity index (χ0) is 12.5. The molecule has 1 nitrogen and oxygen atoms in total. The zero-order valence-electron chi connectivity index (χ0n) is 9.08. The fourth-order valence-corrected chi connectivity index (χ4v) is 2.12. The van der Waals surface area contributed by atoms with E-state index in [2.05, 4.69) is 4.98 Å². The van der Waals surface area contributed by atoms with Gasteiger partial charge in [-0.05, 0) is 24.6 Å². The summed E-state index contributed by atoms with van der Waals surface area (Å²) in [5.41, 5.74) is 1.12. The summed E-state index contributed by atoms with van der Waals surface area (Å²) in [4.78, 5) is 4.27. The van der Waals surface area contributed by atoms with Gasteiger partial charge in [0.2, 0.25) is 0 Å². The van der Waals surface area contributed by atoms with Gasteiger partial charge in [0.05, 0.1) is 16.3 Å². The molecule has 90 valence electrons. The first-order valence-corrected chi connectivity index (χ1v) is 5.90. The Bertz CT molecular complexity index is 499. The summed E-state index contributed by atoms with van der Waals surface area (Å²) in [6.07, 6.45) is -3.70. The third-order valence-electron chi connectivity index (χ3n) is 2.33. The quantitative estimate of drug-likeness (QED) is 0.790. The van der Waals surface area contributed by atoms with E-state index in [1.54, 1.807) is 0 Å². The van der Waals surface area contributed by atoms with Crippen LogP contribution in [0, 0.1) is 6.92 Å². The van der Waals surface area contributed by atoms with Crippen molar-refractivity contribution < 1.29 is 13.2 Å². The van der Waals surface area contributed by atoms with Crippen LogP contribution in [0.5, 0.6) is 0 Å². The number of halogens is 3. The highest BCUT2D eigenvalue weighted by Crippen LogP contribution is 2.29. The third-order valence-corrected chi connectivity index (χ3v) is 3.16. The second kappa shape index (κ2) is 4.49. The summed E-state index contributed by atoms with van der Waals surface area (Å²) in [6.45, 7) is 1.90. The van der Waals surface area contributed by atoms with Crippen LogP contribution in [0.4, 0.5) is 13.2 Å². The second-order valence-corrected chi connectivity index (χ2v) is 4.79. The average molecular weight is 257 g/mol. The summed E-state index contributed by atoms with van der Waals surface area (Å²) in [7, 11) is 0. The van der Waals surface area contributed by atoms with Gasteiger partial charge in [0.1, 0.15) is 0 Å². The van der Waals surface area contributed by atoms with E-state index in [4.69, 9.17) is 0 Å². The average Bonchev–Trinajstić information content (AvgIpc) is 2.63. The molecule has 0 aliphatic rings. The monoisotopic (exact) mass is 257 g/mol. The molecule has 0 unspecified atom stereocenters. The van der Waals surface area contributed by atoms with E-state index in [1.807, 2.05) is 12.3 Å². The van der Waals surface area contributed by atoms with Gasteiger partial charge in [0.25, 0.3) is 0 Å². The van der Waals surface area contributed by atoms with E-state index in [0.29, 0.717) is 6.42 Å². The lowest BCUT2D eigenvalue weighted by molar-refractivity contribution is -0.137. The SMILES string of the molecule is Cc1nc(Cc2ccc(C(F)(F)F)cc2)cs1. The lowest BCUT2D eigenvalue weighted by Crippen LogP contribution is -2.04. The van der Waals surface area contributed by atoms with Crippen LogP contribution in [-0.4, -0.2) is 4.98 Å². The lowest BCUT2D eigenvalue weighted by atomic mass is 10.1. The molecular formula is C12H10F3NS. The van der Waals surface area contributed by atoms with Crippen LogP contribution < -0.4 is 0 Å². The molecule has 0 fully saturated rings. The highest BCUT2D eigenvalue weighted by molar-refractivity contribution is 7.09. The van der Waals surface area contributed by atoms with Gasteiger partial charge in [0.15, 0.2) is 0 Å². The van der Waals surface area contributed by atoms with Gasteiger partial charge in [-0.1, -0.05) is 12.1 Å². The molecule has 2 rings (SSSR count). The Kier molecular flexibility index (Phi) is 3.19. The molecule has 0 aliphatic heterocycles. The normalized spacial score (nSPS) is 11.8. The third kappa shape index (κ3) is 3.06. The first-order chi connectivity index (χ1) is 7.95. The Labute approximate surface area is 101 Å². The fraction of sp³-hybridized carbons (Fsp3) is 0.250. The van der Waals surface area contributed by atoms with Crippen LogP contribution in [-0.2, 0) is 12.6 Å². The smallest absolute Gasteiger partial charge is 0.246 e. The molecule has 0 saturated heterocycles. The van der Waals surface area contributed by atoms with Crippen molar-refractivity contribution in [3.63, 3.8) is 0 Å². The summed E-state index contributed by atoms with van der Waals surface area (Å²) >= 11 is 1.54. The molecule has 1 aromatic carbocycles. The molecule has 0 atom stereocenters. The number of alkyl halides is 3. The van der Waals surface area contributed by atoms with Crippen molar-refractivity contribution >= 4 is 11.3 Å². The van der Waals surface area contributed by atoms with Gasteiger partial charge < -0.3 is 0 Å². The van der Waals surface area contributed by atoms with Crippen LogP contribution >= 0.6 is 11.3 Å². The van der Waals surface area contributed by atoms with Crippen molar-refractivity contribution in [1.29, 1.82) is 0 Å². The molecule has 0 bridgehead atoms. The van der Waals surface area contributed by atoms with Gasteiger partial charge >= 0.3 is 6.18 Å². The zero-order valence-corrected chi connectivity index (χ0v) is 9.90. The molecule has 1 aromatic heterocycles. The maximum atomic E-state index is 12.3. The van der Waals surface area contributed by atoms with Gasteiger partial charge in [-0.25, -0.2) is 4.98 Å². The first-order valence-electron chi connectivity index (χ1n) is 5.02. The largest absolute Gasteiger partial charge is 0.416 e. The van der Waals surface area contributed by atoms with E-state index in [9.17, 15) is 13.2 Å². The minimum Gasteiger partial charge on any atom is -0.246 e. The van der Waals surface area contributed by atoms with E-state index in [1.165, 1.54) is 23.5 Å². The molecule has 1 heterocycles. The molecule has 0 spiro atoms. The molecule has 0 aliphatic carbocycles. The molecule has 0 N–H and O–H groups in total. The van der Waals surface area contributed by atoms with Crippen LogP contribution in [0.3, 0.4) is 0 Å². The number of aromatic nitrogens is 1. The minimum atomic E-state index is -4.27. The molecule has 0 amide bonds. The Morgan fingerprint density at radius 3 is 2.29 bits per heavy atom. The van der Waals surface area contributed by atoms with Crippen molar-refractivity contribution in [3.8, 4) is 0 Å². The molecule has 0 radical (unpaired) electrons. The molecular weight excluding hydrogens is 247 g/mol.